The van der Waals surface area contributed by atoms with Crippen LogP contribution in [0.5, 0.6) is 0 Å². The van der Waals surface area contributed by atoms with Gasteiger partial charge in [-0.05, 0) is 0 Å². The Labute approximate surface area is 48.2 Å². The molecule has 0 unspecified atom stereocenters. The maximum atomic E-state index is 9.85. The molecule has 0 rings (SSSR count). The Morgan fingerprint density at radius 2 is 2.50 bits per heavy atom. The Bertz CT molecular complexity index is 101. The van der Waals surface area contributed by atoms with Crippen molar-refractivity contribution in [2.24, 2.45) is 0 Å². The third-order valence-electron chi connectivity index (χ3n) is 0.868. The van der Waals surface area contributed by atoms with Crippen molar-refractivity contribution in [1.82, 2.24) is 0 Å². The molecule has 0 heterocycles. The highest BCUT2D eigenvalue weighted by atomic mass is 16.6. The highest BCUT2D eigenvalue weighted by Gasteiger charge is 2.07. The summed E-state index contributed by atoms with van der Waals surface area (Å²) < 4.78 is 0. The van der Waals surface area contributed by atoms with E-state index in [0.717, 1.165) is 0 Å². The van der Waals surface area contributed by atoms with Crippen LogP contribution in [0.25, 0.3) is 0 Å². The molecule has 3 nitrogen and oxygen atoms in total. The van der Waals surface area contributed by atoms with Gasteiger partial charge < -0.3 is 0 Å². The predicted octanol–water partition coefficient (Wildman–Crippen LogP) is 1.23. The van der Waals surface area contributed by atoms with Crippen molar-refractivity contribution in [2.75, 3.05) is 0 Å². The lowest BCUT2D eigenvalue weighted by molar-refractivity contribution is -0.517. The van der Waals surface area contributed by atoms with Crippen molar-refractivity contribution in [3.8, 4) is 0 Å². The summed E-state index contributed by atoms with van der Waals surface area (Å²) in [5.74, 6) is 0. The van der Waals surface area contributed by atoms with Gasteiger partial charge in [0.1, 0.15) is 0 Å². The van der Waals surface area contributed by atoms with Crippen LogP contribution < -0.4 is 0 Å². The van der Waals surface area contributed by atoms with Crippen LogP contribution in [0.2, 0.25) is 0 Å². The molecule has 0 fully saturated rings. The zero-order valence-corrected chi connectivity index (χ0v) is 4.83. The third kappa shape index (κ3) is 2.34. The summed E-state index contributed by atoms with van der Waals surface area (Å²) in [7, 11) is 0. The average molecular weight is 115 g/mol. The second-order valence-corrected chi connectivity index (χ2v) is 1.66. The molecular weight excluding hydrogens is 106 g/mol. The topological polar surface area (TPSA) is 43.1 Å². The molecule has 0 spiro atoms. The molecule has 1 atom stereocenters. The van der Waals surface area contributed by atoms with E-state index in [1.807, 2.05) is 0 Å². The van der Waals surface area contributed by atoms with E-state index in [2.05, 4.69) is 6.58 Å². The van der Waals surface area contributed by atoms with E-state index in [4.69, 9.17) is 0 Å². The van der Waals surface area contributed by atoms with Crippen LogP contribution >= 0.6 is 0 Å². The quantitative estimate of drug-likeness (QED) is 0.315. The van der Waals surface area contributed by atoms with Crippen molar-refractivity contribution in [1.29, 1.82) is 0 Å². The van der Waals surface area contributed by atoms with Gasteiger partial charge in [-0.25, -0.2) is 0 Å². The molecule has 0 aliphatic rings. The molecule has 3 heteroatoms. The minimum Gasteiger partial charge on any atom is -0.264 e. The third-order valence-corrected chi connectivity index (χ3v) is 0.868. The monoisotopic (exact) mass is 115 g/mol. The number of hydrogen-bond donors (Lipinski definition) is 0. The Hall–Kier alpha value is -0.860. The van der Waals surface area contributed by atoms with Crippen molar-refractivity contribution in [2.45, 2.75) is 19.4 Å². The van der Waals surface area contributed by atoms with Crippen LogP contribution in [0.1, 0.15) is 13.3 Å². The summed E-state index contributed by atoms with van der Waals surface area (Å²) in [6.07, 6.45) is 2.00. The van der Waals surface area contributed by atoms with Gasteiger partial charge in [-0.15, -0.1) is 6.58 Å². The van der Waals surface area contributed by atoms with Crippen molar-refractivity contribution in [3.63, 3.8) is 0 Å². The molecule has 0 aromatic carbocycles. The molecule has 0 aliphatic carbocycles. The van der Waals surface area contributed by atoms with Crippen LogP contribution in [0.3, 0.4) is 0 Å². The lowest BCUT2D eigenvalue weighted by Crippen LogP contribution is -2.12. The zero-order chi connectivity index (χ0) is 6.57. The van der Waals surface area contributed by atoms with Gasteiger partial charge in [0.15, 0.2) is 0 Å². The molecule has 0 aromatic heterocycles. The van der Waals surface area contributed by atoms with Crippen LogP contribution in [0.4, 0.5) is 0 Å². The number of hydrogen-bond acceptors (Lipinski definition) is 2. The van der Waals surface area contributed by atoms with Gasteiger partial charge in [0.25, 0.3) is 0 Å². The molecule has 0 bridgehead atoms. The second-order valence-electron chi connectivity index (χ2n) is 1.66. The fraction of sp³-hybridized carbons (Fsp3) is 0.600. The summed E-state index contributed by atoms with van der Waals surface area (Å²) in [4.78, 5) is 9.53. The van der Waals surface area contributed by atoms with Gasteiger partial charge in [-0.1, -0.05) is 6.08 Å². The zero-order valence-electron chi connectivity index (χ0n) is 4.83. The summed E-state index contributed by atoms with van der Waals surface area (Å²) in [6.45, 7) is 4.94. The Kier molecular flexibility index (Phi) is 2.84. The van der Waals surface area contributed by atoms with Gasteiger partial charge in [-0.2, -0.15) is 0 Å². The van der Waals surface area contributed by atoms with E-state index in [-0.39, 0.29) is 4.92 Å². The summed E-state index contributed by atoms with van der Waals surface area (Å²) >= 11 is 0. The molecule has 0 amide bonds. The smallest absolute Gasteiger partial charge is 0.213 e. The molecule has 46 valence electrons. The first kappa shape index (κ1) is 7.14. The molecule has 0 aliphatic heterocycles. The van der Waals surface area contributed by atoms with Crippen LogP contribution in [0.15, 0.2) is 12.7 Å². The number of rotatable bonds is 3. The Morgan fingerprint density at radius 1 is 2.00 bits per heavy atom. The normalized spacial score (nSPS) is 12.6. The van der Waals surface area contributed by atoms with E-state index >= 15 is 0 Å². The predicted molar refractivity (Wildman–Crippen MR) is 31.3 cm³/mol. The minimum atomic E-state index is -0.479. The van der Waals surface area contributed by atoms with Crippen LogP contribution in [-0.2, 0) is 0 Å². The number of nitro groups is 1. The lowest BCUT2D eigenvalue weighted by atomic mass is 10.2. The van der Waals surface area contributed by atoms with E-state index < -0.39 is 6.04 Å². The molecule has 8 heavy (non-hydrogen) atoms. The first-order chi connectivity index (χ1) is 3.68. The Morgan fingerprint density at radius 3 is 2.62 bits per heavy atom. The molecule has 0 N–H and O–H groups in total. The second kappa shape index (κ2) is 3.18. The maximum absolute atomic E-state index is 9.85. The standard InChI is InChI=1S/C5H9NO2/c1-3-4-5(2)6(7)8/h3,5H,1,4H2,2H3/t5-/m1/s1. The van der Waals surface area contributed by atoms with Crippen LogP contribution in [0, 0.1) is 10.1 Å². The highest BCUT2D eigenvalue weighted by Crippen LogP contribution is 1.93. The average Bonchev–Trinajstić information content (AvgIpc) is 1.67. The largest absolute Gasteiger partial charge is 0.264 e. The first-order valence-electron chi connectivity index (χ1n) is 2.43. The summed E-state index contributed by atoms with van der Waals surface area (Å²) in [6, 6.07) is -0.479. The van der Waals surface area contributed by atoms with Gasteiger partial charge in [-0.3, -0.25) is 10.1 Å². The molecule has 0 radical (unpaired) electrons. The van der Waals surface area contributed by atoms with Gasteiger partial charge in [0, 0.05) is 18.3 Å². The van der Waals surface area contributed by atoms with E-state index in [0.29, 0.717) is 6.42 Å². The van der Waals surface area contributed by atoms with Crippen molar-refractivity contribution >= 4 is 0 Å². The Balaban J connectivity index is 3.46. The van der Waals surface area contributed by atoms with E-state index in [1.54, 1.807) is 13.0 Å². The van der Waals surface area contributed by atoms with Gasteiger partial charge in [0.05, 0.1) is 0 Å². The molecule has 0 saturated carbocycles. The van der Waals surface area contributed by atoms with Crippen molar-refractivity contribution in [3.05, 3.63) is 22.8 Å². The molecular formula is C5H9NO2. The molecule has 0 aromatic rings. The van der Waals surface area contributed by atoms with E-state index in [9.17, 15) is 10.1 Å². The number of nitrogens with zero attached hydrogens (tertiary/aromatic N) is 1. The SMILES string of the molecule is C=CC[C@@H](C)[N+](=O)[O-]. The minimum absolute atomic E-state index is 0.318. The van der Waals surface area contributed by atoms with Gasteiger partial charge in [0.2, 0.25) is 6.04 Å². The maximum Gasteiger partial charge on any atom is 0.213 e. The van der Waals surface area contributed by atoms with Crippen LogP contribution in [-0.4, -0.2) is 11.0 Å². The fourth-order valence-electron chi connectivity index (χ4n) is 0.327. The first-order valence-corrected chi connectivity index (χ1v) is 2.43. The van der Waals surface area contributed by atoms with E-state index in [1.165, 1.54) is 0 Å². The van der Waals surface area contributed by atoms with Crippen molar-refractivity contribution < 1.29 is 4.92 Å². The fourth-order valence-corrected chi connectivity index (χ4v) is 0.327. The lowest BCUT2D eigenvalue weighted by Gasteiger charge is -1.95. The highest BCUT2D eigenvalue weighted by molar-refractivity contribution is 4.69. The molecule has 0 saturated heterocycles. The van der Waals surface area contributed by atoms with Gasteiger partial charge >= 0.3 is 0 Å². The summed E-state index contributed by atoms with van der Waals surface area (Å²) in [5.41, 5.74) is 0. The summed E-state index contributed by atoms with van der Waals surface area (Å²) in [5, 5.41) is 9.85.